The van der Waals surface area contributed by atoms with Gasteiger partial charge in [-0.1, -0.05) is 36.5 Å². The molecule has 1 rings (SSSR count). The number of amides is 1. The van der Waals surface area contributed by atoms with Crippen molar-refractivity contribution in [2.24, 2.45) is 5.73 Å². The Balaban J connectivity index is 2.73. The predicted molar refractivity (Wildman–Crippen MR) is 83.1 cm³/mol. The molecular weight excluding hydrogens is 296 g/mol. The molecule has 1 aromatic carbocycles. The van der Waals surface area contributed by atoms with Gasteiger partial charge in [-0.05, 0) is 19.4 Å². The summed E-state index contributed by atoms with van der Waals surface area (Å²) in [7, 11) is -3.47. The van der Waals surface area contributed by atoms with Gasteiger partial charge in [-0.15, -0.1) is 0 Å². The van der Waals surface area contributed by atoms with E-state index in [0.717, 1.165) is 17.4 Å². The minimum absolute atomic E-state index is 0.245. The Morgan fingerprint density at radius 1 is 1.30 bits per heavy atom. The molecule has 0 radical (unpaired) electrons. The zero-order valence-electron chi connectivity index (χ0n) is 11.6. The third-order valence-corrected chi connectivity index (χ3v) is 5.44. The van der Waals surface area contributed by atoms with Crippen molar-refractivity contribution in [1.82, 2.24) is 5.32 Å². The number of rotatable bonds is 5. The summed E-state index contributed by atoms with van der Waals surface area (Å²) < 4.78 is 21.6. The molecule has 110 valence electrons. The summed E-state index contributed by atoms with van der Waals surface area (Å²) in [6.45, 7) is 3.01. The summed E-state index contributed by atoms with van der Waals surface area (Å²) in [5.41, 5.74) is 7.06. The van der Waals surface area contributed by atoms with Crippen molar-refractivity contribution in [1.29, 1.82) is 0 Å². The van der Waals surface area contributed by atoms with Gasteiger partial charge in [-0.3, -0.25) is 4.79 Å². The van der Waals surface area contributed by atoms with Crippen LogP contribution in [0.3, 0.4) is 0 Å². The summed E-state index contributed by atoms with van der Waals surface area (Å²) in [4.78, 5) is 12.2. The Kier molecular flexibility index (Phi) is 4.88. The summed E-state index contributed by atoms with van der Waals surface area (Å²) in [6, 6.07) is 7.07. The van der Waals surface area contributed by atoms with Crippen LogP contribution < -0.4 is 11.1 Å². The van der Waals surface area contributed by atoms with Gasteiger partial charge in [0.2, 0.25) is 5.91 Å². The first-order valence-corrected chi connectivity index (χ1v) is 8.22. The molecule has 0 fully saturated rings. The number of nitrogens with two attached hydrogens (primary N) is 1. The molecule has 3 N–H and O–H groups in total. The Hall–Kier alpha value is -1.47. The zero-order chi connectivity index (χ0) is 15.6. The lowest BCUT2D eigenvalue weighted by Crippen LogP contribution is -2.47. The van der Waals surface area contributed by atoms with Crippen molar-refractivity contribution in [2.45, 2.75) is 25.1 Å². The molecule has 7 heteroatoms. The third kappa shape index (κ3) is 3.77. The summed E-state index contributed by atoms with van der Waals surface area (Å²) in [5.74, 6) is -0.529. The van der Waals surface area contributed by atoms with Crippen LogP contribution in [-0.4, -0.2) is 30.3 Å². The molecule has 0 aliphatic carbocycles. The quantitative estimate of drug-likeness (QED) is 0.783. The Morgan fingerprint density at radius 3 is 2.20 bits per heavy atom. The van der Waals surface area contributed by atoms with Gasteiger partial charge in [0.05, 0.1) is 0 Å². The molecule has 0 saturated carbocycles. The van der Waals surface area contributed by atoms with Gasteiger partial charge in [0, 0.05) is 18.4 Å². The summed E-state index contributed by atoms with van der Waals surface area (Å²) in [6.07, 6.45) is 1.05. The van der Waals surface area contributed by atoms with Crippen molar-refractivity contribution in [2.75, 3.05) is 6.26 Å². The van der Waals surface area contributed by atoms with Crippen LogP contribution in [0.1, 0.15) is 25.0 Å². The van der Waals surface area contributed by atoms with E-state index < -0.39 is 20.5 Å². The number of carbonyl (C=O) groups is 1. The SMILES string of the molecule is CC(C)(C(=O)NCc1ccc(C(N)=S)cc1)S(C)(=O)=O. The molecule has 0 aliphatic rings. The van der Waals surface area contributed by atoms with Crippen molar-refractivity contribution in [3.8, 4) is 0 Å². The Bertz CT molecular complexity index is 620. The van der Waals surface area contributed by atoms with Gasteiger partial charge < -0.3 is 11.1 Å². The van der Waals surface area contributed by atoms with E-state index in [1.54, 1.807) is 24.3 Å². The topological polar surface area (TPSA) is 89.3 Å². The molecule has 0 aliphatic heterocycles. The fourth-order valence-electron chi connectivity index (χ4n) is 1.35. The lowest BCUT2D eigenvalue weighted by atomic mass is 10.1. The average molecular weight is 314 g/mol. The molecule has 1 amide bonds. The largest absolute Gasteiger partial charge is 0.389 e. The highest BCUT2D eigenvalue weighted by Gasteiger charge is 2.38. The second-order valence-electron chi connectivity index (χ2n) is 5.03. The van der Waals surface area contributed by atoms with Crippen molar-refractivity contribution in [3.05, 3.63) is 35.4 Å². The summed E-state index contributed by atoms with van der Waals surface area (Å²) in [5, 5.41) is 2.61. The van der Waals surface area contributed by atoms with Crippen molar-refractivity contribution >= 4 is 33.0 Å². The molecule has 0 saturated heterocycles. The highest BCUT2D eigenvalue weighted by Crippen LogP contribution is 2.15. The molecule has 5 nitrogen and oxygen atoms in total. The molecule has 0 spiro atoms. The number of benzene rings is 1. The van der Waals surface area contributed by atoms with Gasteiger partial charge in [0.25, 0.3) is 0 Å². The maximum absolute atomic E-state index is 11.9. The van der Waals surface area contributed by atoms with Crippen LogP contribution in [0.2, 0.25) is 0 Å². The van der Waals surface area contributed by atoms with E-state index in [1.807, 2.05) is 0 Å². The van der Waals surface area contributed by atoms with Crippen LogP contribution in [0.4, 0.5) is 0 Å². The second kappa shape index (κ2) is 5.88. The van der Waals surface area contributed by atoms with Gasteiger partial charge in [-0.25, -0.2) is 8.42 Å². The van der Waals surface area contributed by atoms with Crippen molar-refractivity contribution < 1.29 is 13.2 Å². The normalized spacial score (nSPS) is 11.9. The molecule has 0 aromatic heterocycles. The number of sulfone groups is 1. The smallest absolute Gasteiger partial charge is 0.241 e. The Labute approximate surface area is 124 Å². The first-order chi connectivity index (χ1) is 9.05. The molecule has 0 heterocycles. The standard InChI is InChI=1S/C13H18N2O3S2/c1-13(2,20(3,17)18)12(16)15-8-9-4-6-10(7-5-9)11(14)19/h4-7H,8H2,1-3H3,(H2,14,19)(H,15,16). The van der Waals surface area contributed by atoms with E-state index in [4.69, 9.17) is 18.0 Å². The fraction of sp³-hybridized carbons (Fsp3) is 0.385. The first-order valence-electron chi connectivity index (χ1n) is 5.92. The van der Waals surface area contributed by atoms with Crippen LogP contribution in [0, 0.1) is 0 Å². The minimum Gasteiger partial charge on any atom is -0.389 e. The van der Waals surface area contributed by atoms with Gasteiger partial charge in [-0.2, -0.15) is 0 Å². The van der Waals surface area contributed by atoms with Gasteiger partial charge >= 0.3 is 0 Å². The van der Waals surface area contributed by atoms with Crippen LogP contribution in [0.15, 0.2) is 24.3 Å². The highest BCUT2D eigenvalue weighted by atomic mass is 32.2. The van der Waals surface area contributed by atoms with Crippen LogP contribution in [0.25, 0.3) is 0 Å². The van der Waals surface area contributed by atoms with Gasteiger partial charge in [0.1, 0.15) is 9.74 Å². The predicted octanol–water partition coefficient (Wildman–Crippen LogP) is 0.760. The lowest BCUT2D eigenvalue weighted by Gasteiger charge is -2.21. The summed E-state index contributed by atoms with van der Waals surface area (Å²) >= 11 is 4.84. The zero-order valence-corrected chi connectivity index (χ0v) is 13.3. The van der Waals surface area contributed by atoms with E-state index in [2.05, 4.69) is 5.32 Å². The molecule has 1 aromatic rings. The van der Waals surface area contributed by atoms with Crippen LogP contribution in [-0.2, 0) is 21.2 Å². The molecule has 20 heavy (non-hydrogen) atoms. The molecule has 0 unspecified atom stereocenters. The molecule has 0 bridgehead atoms. The number of hydrogen-bond acceptors (Lipinski definition) is 4. The third-order valence-electron chi connectivity index (χ3n) is 3.17. The minimum atomic E-state index is -3.47. The number of hydrogen-bond donors (Lipinski definition) is 2. The molecule has 0 atom stereocenters. The van der Waals surface area contributed by atoms with E-state index >= 15 is 0 Å². The van der Waals surface area contributed by atoms with Crippen LogP contribution in [0.5, 0.6) is 0 Å². The maximum Gasteiger partial charge on any atom is 0.241 e. The fourth-order valence-corrected chi connectivity index (χ4v) is 1.90. The van der Waals surface area contributed by atoms with Crippen LogP contribution >= 0.6 is 12.2 Å². The average Bonchev–Trinajstić information content (AvgIpc) is 2.34. The van der Waals surface area contributed by atoms with Gasteiger partial charge in [0.15, 0.2) is 9.84 Å². The number of thiocarbonyl (C=S) groups is 1. The highest BCUT2D eigenvalue weighted by molar-refractivity contribution is 7.92. The van der Waals surface area contributed by atoms with E-state index in [1.165, 1.54) is 13.8 Å². The monoisotopic (exact) mass is 314 g/mol. The maximum atomic E-state index is 11.9. The molecular formula is C13H18N2O3S2. The lowest BCUT2D eigenvalue weighted by molar-refractivity contribution is -0.123. The first kappa shape index (κ1) is 16.6. The van der Waals surface area contributed by atoms with E-state index in [9.17, 15) is 13.2 Å². The van der Waals surface area contributed by atoms with Crippen molar-refractivity contribution in [3.63, 3.8) is 0 Å². The van der Waals surface area contributed by atoms with E-state index in [-0.39, 0.29) is 6.54 Å². The second-order valence-corrected chi connectivity index (χ2v) is 8.03. The number of carbonyl (C=O) groups excluding carboxylic acids is 1. The van der Waals surface area contributed by atoms with E-state index in [0.29, 0.717) is 4.99 Å². The number of nitrogens with one attached hydrogen (secondary N) is 1. The Morgan fingerprint density at radius 2 is 1.80 bits per heavy atom.